The van der Waals surface area contributed by atoms with Gasteiger partial charge in [-0.2, -0.15) is 0 Å². The van der Waals surface area contributed by atoms with Crippen molar-refractivity contribution in [2.45, 2.75) is 37.3 Å². The second kappa shape index (κ2) is 7.78. The first kappa shape index (κ1) is 20.2. The Hall–Kier alpha value is -2.68. The summed E-state index contributed by atoms with van der Waals surface area (Å²) in [4.78, 5) is 13.3. The van der Waals surface area contributed by atoms with Crippen LogP contribution in [0.5, 0.6) is 5.75 Å². The van der Waals surface area contributed by atoms with Crippen molar-refractivity contribution in [3.8, 4) is 5.75 Å². The number of cyclic esters (lactones) is 1. The second-order valence-electron chi connectivity index (χ2n) is 8.74. The van der Waals surface area contributed by atoms with Gasteiger partial charge in [-0.1, -0.05) is 18.2 Å². The molecule has 164 valence electrons. The molecule has 0 spiro atoms. The number of aliphatic hydroxyl groups excluding tert-OH is 1. The molecule has 2 aromatic rings. The highest BCUT2D eigenvalue weighted by Crippen LogP contribution is 2.43. The van der Waals surface area contributed by atoms with Crippen LogP contribution in [0.4, 0.5) is 14.9 Å². The average Bonchev–Trinajstić information content (AvgIpc) is 3.19. The Kier molecular flexibility index (Phi) is 5.08. The molecule has 2 aromatic carbocycles. The highest BCUT2D eigenvalue weighted by Gasteiger charge is 2.52. The summed E-state index contributed by atoms with van der Waals surface area (Å²) in [5.74, 6) is 0.274. The lowest BCUT2D eigenvalue weighted by Gasteiger charge is -2.26. The van der Waals surface area contributed by atoms with Gasteiger partial charge in [-0.05, 0) is 36.2 Å². The largest absolute Gasteiger partial charge is 0.490 e. The third-order valence-electron chi connectivity index (χ3n) is 6.51. The fraction of sp³-hybridized carbons (Fsp3) is 0.435. The van der Waals surface area contributed by atoms with Crippen LogP contribution in [-0.4, -0.2) is 52.5 Å². The third-order valence-corrected chi connectivity index (χ3v) is 6.51. The molecule has 31 heavy (non-hydrogen) atoms. The number of nitrogens with zero attached hydrogens (tertiary/aromatic N) is 1. The van der Waals surface area contributed by atoms with Crippen molar-refractivity contribution in [2.24, 2.45) is 5.92 Å². The molecular formula is C23H25FN2O5. The topological polar surface area (TPSA) is 91.3 Å². The molecule has 4 atom stereocenters. The summed E-state index contributed by atoms with van der Waals surface area (Å²) in [6, 6.07) is 12.5. The molecule has 0 aromatic heterocycles. The SMILES string of the molecule is O=C1Nc2c(F)cc([C@@H](O)CN3C[C@H]4C[C@H](Oc5ccccc5)C[C@@]4(O)C3)cc2CO1. The normalized spacial score (nSPS) is 28.4. The minimum Gasteiger partial charge on any atom is -0.490 e. The maximum Gasteiger partial charge on any atom is 0.412 e. The van der Waals surface area contributed by atoms with Gasteiger partial charge in [0.25, 0.3) is 0 Å². The maximum absolute atomic E-state index is 14.4. The van der Waals surface area contributed by atoms with Gasteiger partial charge < -0.3 is 19.7 Å². The summed E-state index contributed by atoms with van der Waals surface area (Å²) in [7, 11) is 0. The number of ether oxygens (including phenoxy) is 2. The summed E-state index contributed by atoms with van der Waals surface area (Å²) in [5, 5.41) is 24.2. The molecule has 1 saturated carbocycles. The molecule has 2 aliphatic heterocycles. The van der Waals surface area contributed by atoms with Crippen LogP contribution in [0.3, 0.4) is 0 Å². The zero-order valence-electron chi connectivity index (χ0n) is 17.0. The van der Waals surface area contributed by atoms with E-state index in [1.54, 1.807) is 6.07 Å². The molecule has 1 amide bonds. The molecule has 5 rings (SSSR count). The standard InChI is InChI=1S/C23H25FN2O5/c24-19-7-14(6-15-12-30-22(28)25-21(15)19)20(27)11-26-10-16-8-18(9-23(16,29)13-26)31-17-4-2-1-3-5-17/h1-7,16,18,20,27,29H,8-13H2,(H,25,28)/t16-,18+,20+,23-/m1/s1. The monoisotopic (exact) mass is 428 g/mol. The number of para-hydroxylation sites is 1. The van der Waals surface area contributed by atoms with Crippen LogP contribution >= 0.6 is 0 Å². The number of rotatable bonds is 5. The zero-order valence-corrected chi connectivity index (χ0v) is 17.0. The highest BCUT2D eigenvalue weighted by atomic mass is 19.1. The van der Waals surface area contributed by atoms with Gasteiger partial charge >= 0.3 is 6.09 Å². The summed E-state index contributed by atoms with van der Waals surface area (Å²) >= 11 is 0. The van der Waals surface area contributed by atoms with Crippen molar-refractivity contribution < 1.29 is 28.9 Å². The molecule has 0 radical (unpaired) electrons. The highest BCUT2D eigenvalue weighted by molar-refractivity contribution is 5.87. The van der Waals surface area contributed by atoms with Crippen LogP contribution < -0.4 is 10.1 Å². The van der Waals surface area contributed by atoms with Crippen LogP contribution in [0.2, 0.25) is 0 Å². The molecule has 8 heteroatoms. The van der Waals surface area contributed by atoms with Crippen LogP contribution in [-0.2, 0) is 11.3 Å². The first-order chi connectivity index (χ1) is 14.9. The number of benzene rings is 2. The van der Waals surface area contributed by atoms with E-state index in [1.165, 1.54) is 6.07 Å². The number of carbonyl (C=O) groups excluding carboxylic acids is 1. The Balaban J connectivity index is 1.21. The number of halogens is 1. The fourth-order valence-corrected chi connectivity index (χ4v) is 5.07. The van der Waals surface area contributed by atoms with Gasteiger partial charge in [0.05, 0.1) is 17.4 Å². The Morgan fingerprint density at radius 1 is 1.32 bits per heavy atom. The third kappa shape index (κ3) is 3.98. The minimum atomic E-state index is -0.920. The number of anilines is 1. The Morgan fingerprint density at radius 3 is 2.90 bits per heavy atom. The van der Waals surface area contributed by atoms with Gasteiger partial charge in [0, 0.05) is 37.5 Å². The van der Waals surface area contributed by atoms with Crippen molar-refractivity contribution >= 4 is 11.8 Å². The molecular weight excluding hydrogens is 403 g/mol. The molecule has 3 aliphatic rings. The van der Waals surface area contributed by atoms with Gasteiger partial charge in [0.1, 0.15) is 24.3 Å². The number of β-amino-alcohol motifs (C(OH)–C–C–N with tert-alkyl or cyclic N) is 2. The van der Waals surface area contributed by atoms with Crippen molar-refractivity contribution in [1.82, 2.24) is 4.90 Å². The van der Waals surface area contributed by atoms with E-state index in [2.05, 4.69) is 5.32 Å². The van der Waals surface area contributed by atoms with E-state index in [0.29, 0.717) is 30.6 Å². The summed E-state index contributed by atoms with van der Waals surface area (Å²) in [6.07, 6.45) is -0.344. The summed E-state index contributed by atoms with van der Waals surface area (Å²) in [5.41, 5.74) is 0.164. The molecule has 1 aliphatic carbocycles. The Bertz CT molecular complexity index is 987. The Morgan fingerprint density at radius 2 is 2.13 bits per heavy atom. The van der Waals surface area contributed by atoms with Crippen LogP contribution in [0, 0.1) is 11.7 Å². The lowest BCUT2D eigenvalue weighted by Crippen LogP contribution is -2.36. The molecule has 0 bridgehead atoms. The fourth-order valence-electron chi connectivity index (χ4n) is 5.07. The maximum atomic E-state index is 14.4. The first-order valence-corrected chi connectivity index (χ1v) is 10.5. The number of carbonyl (C=O) groups is 1. The lowest BCUT2D eigenvalue weighted by atomic mass is 9.95. The summed E-state index contributed by atoms with van der Waals surface area (Å²) in [6.45, 7) is 1.34. The number of hydrogen-bond acceptors (Lipinski definition) is 6. The van der Waals surface area contributed by atoms with Crippen molar-refractivity contribution in [3.63, 3.8) is 0 Å². The van der Waals surface area contributed by atoms with Gasteiger partial charge in [0.2, 0.25) is 0 Å². The number of amides is 1. The number of fused-ring (bicyclic) bond motifs is 2. The van der Waals surface area contributed by atoms with Crippen LogP contribution in [0.25, 0.3) is 0 Å². The van der Waals surface area contributed by atoms with Gasteiger partial charge in [-0.3, -0.25) is 10.2 Å². The van der Waals surface area contributed by atoms with Crippen molar-refractivity contribution in [1.29, 1.82) is 0 Å². The van der Waals surface area contributed by atoms with Crippen LogP contribution in [0.15, 0.2) is 42.5 Å². The van der Waals surface area contributed by atoms with Gasteiger partial charge in [-0.25, -0.2) is 9.18 Å². The molecule has 2 heterocycles. The smallest absolute Gasteiger partial charge is 0.412 e. The Labute approximate surface area is 179 Å². The van der Waals surface area contributed by atoms with Crippen LogP contribution in [0.1, 0.15) is 30.1 Å². The van der Waals surface area contributed by atoms with E-state index in [0.717, 1.165) is 12.2 Å². The second-order valence-corrected chi connectivity index (χ2v) is 8.74. The van der Waals surface area contributed by atoms with Crippen molar-refractivity contribution in [3.05, 3.63) is 59.4 Å². The first-order valence-electron chi connectivity index (χ1n) is 10.5. The van der Waals surface area contributed by atoms with Gasteiger partial charge in [0.15, 0.2) is 0 Å². The minimum absolute atomic E-state index is 0.0329. The number of aliphatic hydroxyl groups is 2. The zero-order chi connectivity index (χ0) is 21.6. The predicted molar refractivity (Wildman–Crippen MR) is 110 cm³/mol. The van der Waals surface area contributed by atoms with E-state index >= 15 is 0 Å². The van der Waals surface area contributed by atoms with Gasteiger partial charge in [-0.15, -0.1) is 0 Å². The van der Waals surface area contributed by atoms with E-state index < -0.39 is 23.6 Å². The van der Waals surface area contributed by atoms with E-state index in [4.69, 9.17) is 9.47 Å². The van der Waals surface area contributed by atoms with E-state index in [9.17, 15) is 19.4 Å². The molecule has 0 unspecified atom stereocenters. The number of likely N-dealkylation sites (tertiary alicyclic amines) is 1. The average molecular weight is 428 g/mol. The molecule has 3 N–H and O–H groups in total. The molecule has 7 nitrogen and oxygen atoms in total. The lowest BCUT2D eigenvalue weighted by molar-refractivity contribution is 0.0178. The predicted octanol–water partition coefficient (Wildman–Crippen LogP) is 2.83. The van der Waals surface area contributed by atoms with E-state index in [-0.39, 0.29) is 30.9 Å². The van der Waals surface area contributed by atoms with Crippen molar-refractivity contribution in [2.75, 3.05) is 25.0 Å². The van der Waals surface area contributed by atoms with E-state index in [1.807, 2.05) is 35.2 Å². The number of hydrogen-bond donors (Lipinski definition) is 3. The number of nitrogens with one attached hydrogen (secondary N) is 1. The quantitative estimate of drug-likeness (QED) is 0.679. The molecule has 2 fully saturated rings. The molecule has 1 saturated heterocycles. The summed E-state index contributed by atoms with van der Waals surface area (Å²) < 4.78 is 25.3.